The van der Waals surface area contributed by atoms with E-state index in [1.807, 2.05) is 6.07 Å². The lowest BCUT2D eigenvalue weighted by Gasteiger charge is -2.21. The summed E-state index contributed by atoms with van der Waals surface area (Å²) in [6.07, 6.45) is 3.57. The number of H-pyrrole nitrogens is 1. The summed E-state index contributed by atoms with van der Waals surface area (Å²) in [5.74, 6) is 0.553. The van der Waals surface area contributed by atoms with Crippen LogP contribution in [0.5, 0.6) is 0 Å². The SMILES string of the molecule is C[C@@H](NC1CCC(c2cc(-c3ccccc3)n[nH]2)C1)c1cccc2ccccc12. The molecule has 146 valence electrons. The highest BCUT2D eigenvalue weighted by molar-refractivity contribution is 5.86. The minimum Gasteiger partial charge on any atom is -0.307 e. The van der Waals surface area contributed by atoms with Crippen LogP contribution in [0.25, 0.3) is 22.0 Å². The van der Waals surface area contributed by atoms with Gasteiger partial charge >= 0.3 is 0 Å². The maximum Gasteiger partial charge on any atom is 0.0923 e. The van der Waals surface area contributed by atoms with Gasteiger partial charge < -0.3 is 5.32 Å². The fraction of sp³-hybridized carbons (Fsp3) is 0.269. The Balaban J connectivity index is 1.27. The Hall–Kier alpha value is -2.91. The zero-order valence-electron chi connectivity index (χ0n) is 16.8. The molecule has 29 heavy (non-hydrogen) atoms. The number of benzene rings is 3. The third-order valence-electron chi connectivity index (χ3n) is 6.32. The van der Waals surface area contributed by atoms with E-state index < -0.39 is 0 Å². The van der Waals surface area contributed by atoms with Crippen molar-refractivity contribution in [3.05, 3.63) is 90.1 Å². The quantitative estimate of drug-likeness (QED) is 0.431. The summed E-state index contributed by atoms with van der Waals surface area (Å²) in [5, 5.41) is 14.4. The molecular formula is C26H27N3. The maximum absolute atomic E-state index is 4.55. The first-order chi connectivity index (χ1) is 14.3. The zero-order valence-corrected chi connectivity index (χ0v) is 16.8. The molecule has 3 aromatic carbocycles. The molecule has 4 aromatic rings. The van der Waals surface area contributed by atoms with Crippen molar-refractivity contribution in [1.29, 1.82) is 0 Å². The molecule has 0 spiro atoms. The Bertz CT molecular complexity index is 1090. The van der Waals surface area contributed by atoms with Gasteiger partial charge in [0.1, 0.15) is 0 Å². The molecule has 0 saturated heterocycles. The largest absolute Gasteiger partial charge is 0.307 e. The average Bonchev–Trinajstić information content (AvgIpc) is 3.43. The van der Waals surface area contributed by atoms with Crippen molar-refractivity contribution in [3.8, 4) is 11.3 Å². The van der Waals surface area contributed by atoms with Crippen molar-refractivity contribution in [1.82, 2.24) is 15.5 Å². The van der Waals surface area contributed by atoms with Gasteiger partial charge in [-0.1, -0.05) is 72.8 Å². The van der Waals surface area contributed by atoms with Gasteiger partial charge in [0.05, 0.1) is 5.69 Å². The second-order valence-electron chi connectivity index (χ2n) is 8.24. The van der Waals surface area contributed by atoms with E-state index in [2.05, 4.69) is 95.2 Å². The molecule has 0 aliphatic heterocycles. The van der Waals surface area contributed by atoms with E-state index in [1.54, 1.807) is 0 Å². The van der Waals surface area contributed by atoms with Crippen LogP contribution in [-0.2, 0) is 0 Å². The molecule has 3 nitrogen and oxygen atoms in total. The van der Waals surface area contributed by atoms with E-state index >= 15 is 0 Å². The number of rotatable bonds is 5. The second-order valence-corrected chi connectivity index (χ2v) is 8.24. The smallest absolute Gasteiger partial charge is 0.0923 e. The Labute approximate surface area is 172 Å². The zero-order chi connectivity index (χ0) is 19.6. The summed E-state index contributed by atoms with van der Waals surface area (Å²) >= 11 is 0. The normalized spacial score (nSPS) is 20.2. The van der Waals surface area contributed by atoms with Crippen LogP contribution in [0.4, 0.5) is 0 Å². The summed E-state index contributed by atoms with van der Waals surface area (Å²) in [6.45, 7) is 2.29. The average molecular weight is 382 g/mol. The molecule has 0 radical (unpaired) electrons. The van der Waals surface area contributed by atoms with E-state index in [0.717, 1.165) is 12.1 Å². The second kappa shape index (κ2) is 7.84. The molecule has 5 rings (SSSR count). The van der Waals surface area contributed by atoms with Crippen molar-refractivity contribution in [3.63, 3.8) is 0 Å². The van der Waals surface area contributed by atoms with E-state index in [9.17, 15) is 0 Å². The van der Waals surface area contributed by atoms with Crippen LogP contribution in [0.3, 0.4) is 0 Å². The minimum absolute atomic E-state index is 0.339. The van der Waals surface area contributed by atoms with Gasteiger partial charge in [0.15, 0.2) is 0 Å². The van der Waals surface area contributed by atoms with Crippen molar-refractivity contribution in [2.75, 3.05) is 0 Å². The number of nitrogens with one attached hydrogen (secondary N) is 2. The van der Waals surface area contributed by atoms with Gasteiger partial charge in [-0.3, -0.25) is 5.10 Å². The topological polar surface area (TPSA) is 40.7 Å². The number of hydrogen-bond donors (Lipinski definition) is 2. The van der Waals surface area contributed by atoms with Crippen molar-refractivity contribution >= 4 is 10.8 Å². The van der Waals surface area contributed by atoms with Gasteiger partial charge in [-0.25, -0.2) is 0 Å². The highest BCUT2D eigenvalue weighted by atomic mass is 15.1. The number of aromatic nitrogens is 2. The van der Waals surface area contributed by atoms with E-state index in [0.29, 0.717) is 18.0 Å². The molecule has 2 N–H and O–H groups in total. The molecule has 0 bridgehead atoms. The van der Waals surface area contributed by atoms with Gasteiger partial charge in [0.2, 0.25) is 0 Å². The molecule has 3 heteroatoms. The number of nitrogens with zero attached hydrogens (tertiary/aromatic N) is 1. The molecule has 2 unspecified atom stereocenters. The molecule has 1 aliphatic rings. The number of fused-ring (bicyclic) bond motifs is 1. The lowest BCUT2D eigenvalue weighted by atomic mass is 9.98. The van der Waals surface area contributed by atoms with Gasteiger partial charge in [-0.15, -0.1) is 0 Å². The standard InChI is InChI=1S/C26H27N3/c1-18(23-13-7-11-19-8-5-6-12-24(19)23)27-22-15-14-21(16-22)26-17-25(28-29-26)20-9-3-2-4-10-20/h2-13,17-18,21-22,27H,14-16H2,1H3,(H,28,29)/t18-,21?,22?/m1/s1. The monoisotopic (exact) mass is 381 g/mol. The lowest BCUT2D eigenvalue weighted by Crippen LogP contribution is -2.29. The maximum atomic E-state index is 4.55. The van der Waals surface area contributed by atoms with E-state index in [-0.39, 0.29) is 0 Å². The van der Waals surface area contributed by atoms with Gasteiger partial charge in [0, 0.05) is 29.3 Å². The Morgan fingerprint density at radius 3 is 2.62 bits per heavy atom. The Morgan fingerprint density at radius 2 is 1.72 bits per heavy atom. The molecule has 0 amide bonds. The fourth-order valence-electron chi connectivity index (χ4n) is 4.79. The summed E-state index contributed by atoms with van der Waals surface area (Å²) in [6, 6.07) is 28.8. The summed E-state index contributed by atoms with van der Waals surface area (Å²) in [7, 11) is 0. The first-order valence-electron chi connectivity index (χ1n) is 10.6. The van der Waals surface area contributed by atoms with Gasteiger partial charge in [0.25, 0.3) is 0 Å². The van der Waals surface area contributed by atoms with Crippen molar-refractivity contribution < 1.29 is 0 Å². The lowest BCUT2D eigenvalue weighted by molar-refractivity contribution is 0.458. The van der Waals surface area contributed by atoms with Crippen LogP contribution in [0.2, 0.25) is 0 Å². The first kappa shape index (κ1) is 18.1. The molecule has 1 aliphatic carbocycles. The predicted octanol–water partition coefficient (Wildman–Crippen LogP) is 6.22. The molecular weight excluding hydrogens is 354 g/mol. The van der Waals surface area contributed by atoms with Crippen LogP contribution < -0.4 is 5.32 Å². The summed E-state index contributed by atoms with van der Waals surface area (Å²) in [5.41, 5.74) is 4.87. The van der Waals surface area contributed by atoms with Gasteiger partial charge in [-0.2, -0.15) is 5.10 Å². The molecule has 1 heterocycles. The number of hydrogen-bond acceptors (Lipinski definition) is 2. The third kappa shape index (κ3) is 3.70. The molecule has 3 atom stereocenters. The Morgan fingerprint density at radius 1 is 0.931 bits per heavy atom. The Kier molecular flexibility index (Phi) is 4.91. The predicted molar refractivity (Wildman–Crippen MR) is 120 cm³/mol. The third-order valence-corrected chi connectivity index (χ3v) is 6.32. The van der Waals surface area contributed by atoms with Crippen molar-refractivity contribution in [2.24, 2.45) is 0 Å². The van der Waals surface area contributed by atoms with Crippen LogP contribution in [0.15, 0.2) is 78.9 Å². The summed E-state index contributed by atoms with van der Waals surface area (Å²) in [4.78, 5) is 0. The number of aromatic amines is 1. The first-order valence-corrected chi connectivity index (χ1v) is 10.6. The van der Waals surface area contributed by atoms with E-state index in [4.69, 9.17) is 0 Å². The summed E-state index contributed by atoms with van der Waals surface area (Å²) < 4.78 is 0. The molecule has 1 aromatic heterocycles. The van der Waals surface area contributed by atoms with Crippen LogP contribution in [0.1, 0.15) is 49.4 Å². The van der Waals surface area contributed by atoms with Crippen LogP contribution in [0, 0.1) is 0 Å². The molecule has 1 fully saturated rings. The van der Waals surface area contributed by atoms with Gasteiger partial charge in [-0.05, 0) is 48.6 Å². The van der Waals surface area contributed by atoms with Crippen molar-refractivity contribution in [2.45, 2.75) is 44.2 Å². The highest BCUT2D eigenvalue weighted by Crippen LogP contribution is 2.36. The molecule has 1 saturated carbocycles. The minimum atomic E-state index is 0.339. The van der Waals surface area contributed by atoms with Crippen LogP contribution in [-0.4, -0.2) is 16.2 Å². The fourth-order valence-corrected chi connectivity index (χ4v) is 4.79. The van der Waals surface area contributed by atoms with E-state index in [1.165, 1.54) is 40.4 Å². The highest BCUT2D eigenvalue weighted by Gasteiger charge is 2.28. The van der Waals surface area contributed by atoms with Crippen LogP contribution >= 0.6 is 0 Å².